The monoisotopic (exact) mass is 292 g/mol. The molecule has 1 N–H and O–H groups in total. The lowest BCUT2D eigenvalue weighted by Gasteiger charge is -2.10. The summed E-state index contributed by atoms with van der Waals surface area (Å²) < 4.78 is 20.1. The molecule has 1 heterocycles. The first-order valence-corrected chi connectivity index (χ1v) is 6.20. The second-order valence-electron chi connectivity index (χ2n) is 4.29. The molecule has 0 unspecified atom stereocenters. The number of ether oxygens (including phenoxy) is 1. The maximum absolute atomic E-state index is 13.8. The molecule has 7 heteroatoms. The predicted molar refractivity (Wildman–Crippen MR) is 72.7 cm³/mol. The van der Waals surface area contributed by atoms with Crippen molar-refractivity contribution < 1.29 is 19.0 Å². The smallest absolute Gasteiger partial charge is 0.360 e. The van der Waals surface area contributed by atoms with Gasteiger partial charge in [0.1, 0.15) is 0 Å². The number of hydrogen-bond acceptors (Lipinski definition) is 4. The number of aromatic nitrogens is 2. The molecule has 21 heavy (non-hydrogen) atoms. The quantitative estimate of drug-likeness (QED) is 0.929. The first kappa shape index (κ1) is 14.7. The number of rotatable bonds is 4. The van der Waals surface area contributed by atoms with Gasteiger partial charge < -0.3 is 9.84 Å². The predicted octanol–water partition coefficient (Wildman–Crippen LogP) is 1.78. The van der Waals surface area contributed by atoms with Crippen molar-refractivity contribution in [2.75, 3.05) is 6.61 Å². The number of aryl methyl sites for hydroxylation is 1. The Hall–Kier alpha value is -2.70. The molecule has 0 saturated heterocycles. The fourth-order valence-corrected chi connectivity index (χ4v) is 1.79. The van der Waals surface area contributed by atoms with Crippen LogP contribution in [0.5, 0.6) is 5.75 Å². The van der Waals surface area contributed by atoms with Crippen molar-refractivity contribution in [2.24, 2.45) is 0 Å². The molecule has 0 saturated carbocycles. The summed E-state index contributed by atoms with van der Waals surface area (Å²) in [7, 11) is 0. The minimum atomic E-state index is -1.43. The van der Waals surface area contributed by atoms with Gasteiger partial charge in [-0.1, -0.05) is 0 Å². The van der Waals surface area contributed by atoms with Crippen LogP contribution in [0.3, 0.4) is 0 Å². The van der Waals surface area contributed by atoms with E-state index < -0.39 is 22.9 Å². The van der Waals surface area contributed by atoms with Crippen molar-refractivity contribution in [3.05, 3.63) is 51.7 Å². The van der Waals surface area contributed by atoms with Crippen molar-refractivity contribution in [1.82, 2.24) is 9.78 Å². The molecule has 0 radical (unpaired) electrons. The summed E-state index contributed by atoms with van der Waals surface area (Å²) in [4.78, 5) is 22.6. The van der Waals surface area contributed by atoms with Crippen LogP contribution in [0.15, 0.2) is 29.2 Å². The molecule has 1 aromatic carbocycles. The zero-order valence-electron chi connectivity index (χ0n) is 11.5. The average Bonchev–Trinajstić information content (AvgIpc) is 2.43. The Morgan fingerprint density at radius 2 is 2.19 bits per heavy atom. The Labute approximate surface area is 119 Å². The lowest BCUT2D eigenvalue weighted by molar-refractivity contribution is 0.0686. The van der Waals surface area contributed by atoms with Crippen molar-refractivity contribution in [1.29, 1.82) is 0 Å². The number of aromatic carboxylic acids is 1. The van der Waals surface area contributed by atoms with Crippen LogP contribution in [0.4, 0.5) is 4.39 Å². The van der Waals surface area contributed by atoms with Gasteiger partial charge in [-0.3, -0.25) is 4.79 Å². The number of halogens is 1. The summed E-state index contributed by atoms with van der Waals surface area (Å²) in [5.41, 5.74) is -0.771. The second kappa shape index (κ2) is 5.74. The third-order valence-electron chi connectivity index (χ3n) is 2.78. The highest BCUT2D eigenvalue weighted by molar-refractivity contribution is 5.85. The van der Waals surface area contributed by atoms with Gasteiger partial charge in [0.2, 0.25) is 11.1 Å². The van der Waals surface area contributed by atoms with Gasteiger partial charge in [-0.15, -0.1) is 0 Å². The van der Waals surface area contributed by atoms with Crippen LogP contribution in [0, 0.1) is 12.7 Å². The van der Waals surface area contributed by atoms with Crippen molar-refractivity contribution in [3.8, 4) is 11.4 Å². The molecule has 0 bridgehead atoms. The zero-order valence-corrected chi connectivity index (χ0v) is 11.5. The van der Waals surface area contributed by atoms with E-state index in [0.717, 1.165) is 10.7 Å². The molecule has 1 aromatic heterocycles. The van der Waals surface area contributed by atoms with Gasteiger partial charge >= 0.3 is 5.97 Å². The van der Waals surface area contributed by atoms with Gasteiger partial charge in [-0.2, -0.15) is 5.10 Å². The number of hydrogen-bond donors (Lipinski definition) is 1. The van der Waals surface area contributed by atoms with Crippen LogP contribution in [0.2, 0.25) is 0 Å². The van der Waals surface area contributed by atoms with E-state index in [1.165, 1.54) is 25.3 Å². The molecule has 0 atom stereocenters. The Bertz CT molecular complexity index is 755. The number of carbonyl (C=O) groups is 1. The highest BCUT2D eigenvalue weighted by Crippen LogP contribution is 2.20. The molecule has 110 valence electrons. The van der Waals surface area contributed by atoms with Gasteiger partial charge in [-0.25, -0.2) is 13.9 Å². The van der Waals surface area contributed by atoms with Gasteiger partial charge in [0.05, 0.1) is 12.3 Å². The third-order valence-corrected chi connectivity index (χ3v) is 2.78. The number of carboxylic acids is 1. The molecular formula is C14H13FN2O4. The molecule has 6 nitrogen and oxygen atoms in total. The maximum atomic E-state index is 13.8. The van der Waals surface area contributed by atoms with Crippen LogP contribution in [-0.2, 0) is 0 Å². The van der Waals surface area contributed by atoms with Crippen LogP contribution in [0.1, 0.15) is 23.0 Å². The molecule has 0 spiro atoms. The van der Waals surface area contributed by atoms with Gasteiger partial charge in [0.15, 0.2) is 11.6 Å². The molecule has 2 rings (SSSR count). The normalized spacial score (nSPS) is 10.4. The Morgan fingerprint density at radius 3 is 2.76 bits per heavy atom. The fraction of sp³-hybridized carbons (Fsp3) is 0.214. The maximum Gasteiger partial charge on any atom is 0.360 e. The van der Waals surface area contributed by atoms with Gasteiger partial charge in [0.25, 0.3) is 0 Å². The lowest BCUT2D eigenvalue weighted by atomic mass is 10.2. The second-order valence-corrected chi connectivity index (χ2v) is 4.29. The van der Waals surface area contributed by atoms with Crippen LogP contribution in [-0.4, -0.2) is 27.5 Å². The standard InChI is InChI=1S/C14H13FN2O4/c1-3-21-11-5-4-9(6-10(11)15)17-7-8(2)13(18)12(16-17)14(19)20/h4-7H,3H2,1-2H3,(H,19,20). The van der Waals surface area contributed by atoms with E-state index >= 15 is 0 Å². The number of benzene rings is 1. The first-order chi connectivity index (χ1) is 9.93. The van der Waals surface area contributed by atoms with Crippen LogP contribution in [0.25, 0.3) is 5.69 Å². The molecule has 0 fully saturated rings. The average molecular weight is 292 g/mol. The summed E-state index contributed by atoms with van der Waals surface area (Å²) in [5.74, 6) is -1.93. The number of carboxylic acid groups (broad SMARTS) is 1. The Morgan fingerprint density at radius 1 is 1.48 bits per heavy atom. The van der Waals surface area contributed by atoms with E-state index in [2.05, 4.69) is 5.10 Å². The number of nitrogens with zero attached hydrogens (tertiary/aromatic N) is 2. The molecule has 0 amide bonds. The van der Waals surface area contributed by atoms with E-state index in [1.54, 1.807) is 6.92 Å². The summed E-state index contributed by atoms with van der Waals surface area (Å²) >= 11 is 0. The third kappa shape index (κ3) is 2.91. The van der Waals surface area contributed by atoms with Crippen LogP contribution < -0.4 is 10.2 Å². The topological polar surface area (TPSA) is 81.4 Å². The molecule has 0 aliphatic carbocycles. The van der Waals surface area contributed by atoms with Crippen LogP contribution >= 0.6 is 0 Å². The Kier molecular flexibility index (Phi) is 4.02. The van der Waals surface area contributed by atoms with Crippen molar-refractivity contribution >= 4 is 5.97 Å². The minimum Gasteiger partial charge on any atom is -0.491 e. The lowest BCUT2D eigenvalue weighted by Crippen LogP contribution is -2.23. The summed E-state index contributed by atoms with van der Waals surface area (Å²) in [6.45, 7) is 3.53. The van der Waals surface area contributed by atoms with E-state index in [1.807, 2.05) is 0 Å². The Balaban J connectivity index is 2.54. The molecule has 0 aliphatic heterocycles. The summed E-state index contributed by atoms with van der Waals surface area (Å²) in [5, 5.41) is 12.7. The first-order valence-electron chi connectivity index (χ1n) is 6.20. The molecular weight excluding hydrogens is 279 g/mol. The van der Waals surface area contributed by atoms with Gasteiger partial charge in [-0.05, 0) is 26.0 Å². The van der Waals surface area contributed by atoms with Crippen molar-refractivity contribution in [3.63, 3.8) is 0 Å². The van der Waals surface area contributed by atoms with E-state index in [4.69, 9.17) is 9.84 Å². The van der Waals surface area contributed by atoms with Crippen molar-refractivity contribution in [2.45, 2.75) is 13.8 Å². The highest BCUT2D eigenvalue weighted by Gasteiger charge is 2.15. The summed E-state index contributed by atoms with van der Waals surface area (Å²) in [6, 6.07) is 4.11. The zero-order chi connectivity index (χ0) is 15.6. The van der Waals surface area contributed by atoms with E-state index in [9.17, 15) is 14.0 Å². The minimum absolute atomic E-state index is 0.0949. The fourth-order valence-electron chi connectivity index (χ4n) is 1.79. The summed E-state index contributed by atoms with van der Waals surface area (Å²) in [6.07, 6.45) is 1.35. The highest BCUT2D eigenvalue weighted by atomic mass is 19.1. The van der Waals surface area contributed by atoms with Gasteiger partial charge in [0, 0.05) is 17.8 Å². The largest absolute Gasteiger partial charge is 0.491 e. The van der Waals surface area contributed by atoms with E-state index in [0.29, 0.717) is 12.3 Å². The van der Waals surface area contributed by atoms with E-state index in [-0.39, 0.29) is 11.3 Å². The SMILES string of the molecule is CCOc1ccc(-n2cc(C)c(=O)c(C(=O)O)n2)cc1F. The molecule has 0 aliphatic rings. The molecule has 2 aromatic rings.